The predicted molar refractivity (Wildman–Crippen MR) is 106 cm³/mol. The minimum Gasteiger partial charge on any atom is -0.492 e. The van der Waals surface area contributed by atoms with E-state index >= 15 is 0 Å². The zero-order valence-electron chi connectivity index (χ0n) is 14.9. The second-order valence-corrected chi connectivity index (χ2v) is 7.44. The first kappa shape index (κ1) is 19.6. The van der Waals surface area contributed by atoms with Crippen LogP contribution in [0.2, 0.25) is 0 Å². The first-order chi connectivity index (χ1) is 12.4. The largest absolute Gasteiger partial charge is 0.492 e. The number of ether oxygens (including phenoxy) is 1. The Labute approximate surface area is 154 Å². The van der Waals surface area contributed by atoms with Gasteiger partial charge in [-0.15, -0.1) is 0 Å². The Kier molecular flexibility index (Phi) is 6.85. The van der Waals surface area contributed by atoms with Crippen LogP contribution in [0.4, 0.5) is 11.4 Å². The van der Waals surface area contributed by atoms with Crippen LogP contribution in [0, 0.1) is 0 Å². The van der Waals surface area contributed by atoms with E-state index in [1.165, 1.54) is 5.56 Å². The maximum absolute atomic E-state index is 11.2. The van der Waals surface area contributed by atoms with Crippen molar-refractivity contribution in [3.63, 3.8) is 0 Å². The van der Waals surface area contributed by atoms with Crippen LogP contribution in [0.25, 0.3) is 0 Å². The molecule has 0 heterocycles. The van der Waals surface area contributed by atoms with Crippen molar-refractivity contribution in [2.24, 2.45) is 10.7 Å². The SMILES string of the molecule is CCc1ccc(NC(N)=NCCOc2cccc(NS(C)(=O)=O)c2)cc1. The van der Waals surface area contributed by atoms with Crippen molar-refractivity contribution in [2.45, 2.75) is 13.3 Å². The van der Waals surface area contributed by atoms with Gasteiger partial charge in [-0.25, -0.2) is 13.4 Å². The van der Waals surface area contributed by atoms with Gasteiger partial charge in [-0.2, -0.15) is 0 Å². The van der Waals surface area contributed by atoms with E-state index < -0.39 is 10.0 Å². The average Bonchev–Trinajstić information content (AvgIpc) is 2.58. The third kappa shape index (κ3) is 7.02. The average molecular weight is 376 g/mol. The molecule has 0 radical (unpaired) electrons. The smallest absolute Gasteiger partial charge is 0.229 e. The number of rotatable bonds is 8. The summed E-state index contributed by atoms with van der Waals surface area (Å²) in [5, 5.41) is 3.02. The van der Waals surface area contributed by atoms with Gasteiger partial charge in [0, 0.05) is 11.8 Å². The summed E-state index contributed by atoms with van der Waals surface area (Å²) in [6.07, 6.45) is 2.09. The molecule has 0 fully saturated rings. The van der Waals surface area contributed by atoms with E-state index in [9.17, 15) is 8.42 Å². The van der Waals surface area contributed by atoms with Gasteiger partial charge < -0.3 is 15.8 Å². The normalized spacial score (nSPS) is 11.8. The molecule has 2 aromatic rings. The van der Waals surface area contributed by atoms with E-state index in [1.54, 1.807) is 24.3 Å². The van der Waals surface area contributed by atoms with Crippen LogP contribution in [-0.4, -0.2) is 33.8 Å². The molecule has 2 rings (SSSR count). The number of aryl methyl sites for hydroxylation is 1. The van der Waals surface area contributed by atoms with Crippen molar-refractivity contribution in [3.05, 3.63) is 54.1 Å². The molecule has 26 heavy (non-hydrogen) atoms. The number of aliphatic imine (C=N–C) groups is 1. The van der Waals surface area contributed by atoms with E-state index in [0.717, 1.165) is 18.4 Å². The van der Waals surface area contributed by atoms with Crippen molar-refractivity contribution in [1.29, 1.82) is 0 Å². The first-order valence-electron chi connectivity index (χ1n) is 8.22. The second kappa shape index (κ2) is 9.10. The Morgan fingerprint density at radius 3 is 2.54 bits per heavy atom. The van der Waals surface area contributed by atoms with Crippen molar-refractivity contribution >= 4 is 27.4 Å². The number of guanidine groups is 1. The van der Waals surface area contributed by atoms with Crippen LogP contribution in [0.15, 0.2) is 53.5 Å². The van der Waals surface area contributed by atoms with E-state index in [0.29, 0.717) is 30.5 Å². The highest BCUT2D eigenvalue weighted by Crippen LogP contribution is 2.18. The molecule has 0 atom stereocenters. The number of benzene rings is 2. The summed E-state index contributed by atoms with van der Waals surface area (Å²) in [5.74, 6) is 0.862. The van der Waals surface area contributed by atoms with Gasteiger partial charge in [0.2, 0.25) is 10.0 Å². The number of nitrogens with zero attached hydrogens (tertiary/aromatic N) is 1. The van der Waals surface area contributed by atoms with Crippen LogP contribution < -0.4 is 20.5 Å². The van der Waals surface area contributed by atoms with Crippen molar-refractivity contribution in [3.8, 4) is 5.75 Å². The summed E-state index contributed by atoms with van der Waals surface area (Å²) in [5.41, 5.74) is 8.44. The Morgan fingerprint density at radius 1 is 1.15 bits per heavy atom. The quantitative estimate of drug-likeness (QED) is 0.373. The number of anilines is 2. The molecular formula is C18H24N4O3S. The fourth-order valence-electron chi connectivity index (χ4n) is 2.20. The second-order valence-electron chi connectivity index (χ2n) is 5.69. The molecule has 0 bridgehead atoms. The summed E-state index contributed by atoms with van der Waals surface area (Å²) in [4.78, 5) is 4.21. The van der Waals surface area contributed by atoms with Crippen LogP contribution in [0.3, 0.4) is 0 Å². The molecule has 0 saturated carbocycles. The van der Waals surface area contributed by atoms with Gasteiger partial charge in [0.05, 0.1) is 18.5 Å². The Balaban J connectivity index is 1.81. The van der Waals surface area contributed by atoms with Gasteiger partial charge in [-0.1, -0.05) is 25.1 Å². The fourth-order valence-corrected chi connectivity index (χ4v) is 2.76. The summed E-state index contributed by atoms with van der Waals surface area (Å²) < 4.78 is 30.5. The minimum absolute atomic E-state index is 0.311. The highest BCUT2D eigenvalue weighted by Gasteiger charge is 2.03. The maximum Gasteiger partial charge on any atom is 0.229 e. The Morgan fingerprint density at radius 2 is 1.88 bits per heavy atom. The maximum atomic E-state index is 11.2. The molecule has 0 aliphatic heterocycles. The number of hydrogen-bond acceptors (Lipinski definition) is 4. The van der Waals surface area contributed by atoms with Gasteiger partial charge in [-0.3, -0.25) is 4.72 Å². The van der Waals surface area contributed by atoms with Crippen LogP contribution >= 0.6 is 0 Å². The van der Waals surface area contributed by atoms with Crippen LogP contribution in [-0.2, 0) is 16.4 Å². The van der Waals surface area contributed by atoms with E-state index in [1.807, 2.05) is 24.3 Å². The third-order valence-electron chi connectivity index (χ3n) is 3.41. The lowest BCUT2D eigenvalue weighted by Crippen LogP contribution is -2.23. The molecule has 0 spiro atoms. The lowest BCUT2D eigenvalue weighted by molar-refractivity contribution is 0.329. The molecule has 0 aromatic heterocycles. The summed E-state index contributed by atoms with van der Waals surface area (Å²) >= 11 is 0. The molecule has 0 saturated heterocycles. The topological polar surface area (TPSA) is 106 Å². The molecule has 2 aromatic carbocycles. The Hall–Kier alpha value is -2.74. The molecule has 140 valence electrons. The summed E-state index contributed by atoms with van der Waals surface area (Å²) in [6, 6.07) is 14.7. The minimum atomic E-state index is -3.32. The predicted octanol–water partition coefficient (Wildman–Crippen LogP) is 2.43. The standard InChI is InChI=1S/C18H24N4O3S/c1-3-14-7-9-15(10-8-14)21-18(19)20-11-12-25-17-6-4-5-16(13-17)22-26(2,23)24/h4-10,13,22H,3,11-12H2,1-2H3,(H3,19,20,21). The Bertz CT molecular complexity index is 849. The lowest BCUT2D eigenvalue weighted by atomic mass is 10.1. The molecule has 7 nitrogen and oxygen atoms in total. The van der Waals surface area contributed by atoms with Gasteiger partial charge in [0.15, 0.2) is 5.96 Å². The molecule has 8 heteroatoms. The van der Waals surface area contributed by atoms with Gasteiger partial charge in [0.25, 0.3) is 0 Å². The molecule has 4 N–H and O–H groups in total. The molecule has 0 amide bonds. The highest BCUT2D eigenvalue weighted by atomic mass is 32.2. The van der Waals surface area contributed by atoms with Gasteiger partial charge in [0.1, 0.15) is 12.4 Å². The van der Waals surface area contributed by atoms with Gasteiger partial charge >= 0.3 is 0 Å². The van der Waals surface area contributed by atoms with Crippen molar-refractivity contribution in [2.75, 3.05) is 29.4 Å². The number of sulfonamides is 1. The number of hydrogen-bond donors (Lipinski definition) is 3. The monoisotopic (exact) mass is 376 g/mol. The zero-order valence-corrected chi connectivity index (χ0v) is 15.7. The number of nitrogens with one attached hydrogen (secondary N) is 2. The van der Waals surface area contributed by atoms with E-state index in [2.05, 4.69) is 22.0 Å². The summed E-state index contributed by atoms with van der Waals surface area (Å²) in [6.45, 7) is 2.79. The van der Waals surface area contributed by atoms with Gasteiger partial charge in [-0.05, 0) is 36.2 Å². The molecule has 0 unspecified atom stereocenters. The first-order valence-corrected chi connectivity index (χ1v) is 10.1. The molecule has 0 aliphatic carbocycles. The van der Waals surface area contributed by atoms with Crippen LogP contribution in [0.5, 0.6) is 5.75 Å². The summed E-state index contributed by atoms with van der Waals surface area (Å²) in [7, 11) is -3.32. The zero-order chi connectivity index (χ0) is 19.0. The fraction of sp³-hybridized carbons (Fsp3) is 0.278. The van der Waals surface area contributed by atoms with E-state index in [4.69, 9.17) is 10.5 Å². The van der Waals surface area contributed by atoms with E-state index in [-0.39, 0.29) is 0 Å². The lowest BCUT2D eigenvalue weighted by Gasteiger charge is -2.09. The van der Waals surface area contributed by atoms with Crippen LogP contribution in [0.1, 0.15) is 12.5 Å². The number of nitrogens with two attached hydrogens (primary N) is 1. The third-order valence-corrected chi connectivity index (χ3v) is 4.02. The van der Waals surface area contributed by atoms with Crippen molar-refractivity contribution in [1.82, 2.24) is 0 Å². The highest BCUT2D eigenvalue weighted by molar-refractivity contribution is 7.92. The van der Waals surface area contributed by atoms with Crippen molar-refractivity contribution < 1.29 is 13.2 Å². The molecular weight excluding hydrogens is 352 g/mol. The molecule has 0 aliphatic rings.